The highest BCUT2D eigenvalue weighted by Crippen LogP contribution is 2.22. The van der Waals surface area contributed by atoms with Crippen molar-refractivity contribution in [3.8, 4) is 0 Å². The second-order valence-electron chi connectivity index (χ2n) is 6.11. The highest BCUT2D eigenvalue weighted by molar-refractivity contribution is 9.10. The molecule has 0 fully saturated rings. The van der Waals surface area contributed by atoms with E-state index in [2.05, 4.69) is 39.7 Å². The number of benzene rings is 1. The first kappa shape index (κ1) is 18.3. The Labute approximate surface area is 150 Å². The minimum absolute atomic E-state index is 0.253. The van der Waals surface area contributed by atoms with Crippen molar-refractivity contribution >= 4 is 27.7 Å². The van der Waals surface area contributed by atoms with E-state index >= 15 is 0 Å². The van der Waals surface area contributed by atoms with Crippen LogP contribution in [0.3, 0.4) is 0 Å². The summed E-state index contributed by atoms with van der Waals surface area (Å²) in [6.45, 7) is 7.99. The summed E-state index contributed by atoms with van der Waals surface area (Å²) in [5, 5.41) is 2.75. The molecule has 1 atom stereocenters. The standard InChI is InChI=1S/C18H22BrN3O2/c1-10(2)22-11(3)8-15(12(22)4)18(24)21-16(17(20)23)13-6-5-7-14(19)9-13/h5-10,16H,1-4H3,(H2,20,23)(H,21,24)/t16-/m1/s1. The number of hydrogen-bond acceptors (Lipinski definition) is 2. The SMILES string of the molecule is Cc1cc(C(=O)N[C@@H](C(N)=O)c2cccc(Br)c2)c(C)n1C(C)C. The van der Waals surface area contributed by atoms with Gasteiger partial charge < -0.3 is 15.6 Å². The van der Waals surface area contributed by atoms with E-state index in [1.807, 2.05) is 26.0 Å². The number of aromatic nitrogens is 1. The monoisotopic (exact) mass is 391 g/mol. The van der Waals surface area contributed by atoms with Crippen LogP contribution in [0.25, 0.3) is 0 Å². The van der Waals surface area contributed by atoms with E-state index in [0.717, 1.165) is 15.9 Å². The number of nitrogens with one attached hydrogen (secondary N) is 1. The van der Waals surface area contributed by atoms with Crippen molar-refractivity contribution in [3.63, 3.8) is 0 Å². The van der Waals surface area contributed by atoms with Crippen molar-refractivity contribution < 1.29 is 9.59 Å². The molecule has 0 bridgehead atoms. The van der Waals surface area contributed by atoms with Gasteiger partial charge in [0.15, 0.2) is 0 Å². The summed E-state index contributed by atoms with van der Waals surface area (Å²) in [5.74, 6) is -0.905. The van der Waals surface area contributed by atoms with Crippen LogP contribution < -0.4 is 11.1 Å². The molecule has 2 aromatic rings. The van der Waals surface area contributed by atoms with Crippen LogP contribution in [0.2, 0.25) is 0 Å². The molecule has 0 aliphatic rings. The summed E-state index contributed by atoms with van der Waals surface area (Å²) >= 11 is 3.36. The highest BCUT2D eigenvalue weighted by atomic mass is 79.9. The number of carbonyl (C=O) groups excluding carboxylic acids is 2. The molecule has 0 unspecified atom stereocenters. The quantitative estimate of drug-likeness (QED) is 0.818. The number of nitrogens with zero attached hydrogens (tertiary/aromatic N) is 1. The summed E-state index contributed by atoms with van der Waals surface area (Å²) in [4.78, 5) is 24.5. The van der Waals surface area contributed by atoms with Crippen LogP contribution >= 0.6 is 15.9 Å². The smallest absolute Gasteiger partial charge is 0.254 e. The molecular formula is C18H22BrN3O2. The largest absolute Gasteiger partial charge is 0.368 e. The van der Waals surface area contributed by atoms with Gasteiger partial charge in [0, 0.05) is 21.9 Å². The molecule has 0 spiro atoms. The molecule has 1 aromatic carbocycles. The van der Waals surface area contributed by atoms with Gasteiger partial charge in [-0.3, -0.25) is 9.59 Å². The van der Waals surface area contributed by atoms with Crippen LogP contribution in [0.1, 0.15) is 53.2 Å². The Hall–Kier alpha value is -2.08. The van der Waals surface area contributed by atoms with Crippen molar-refractivity contribution in [2.45, 2.75) is 39.8 Å². The van der Waals surface area contributed by atoms with Gasteiger partial charge in [0.05, 0.1) is 5.56 Å². The average molecular weight is 392 g/mol. The highest BCUT2D eigenvalue weighted by Gasteiger charge is 2.24. The Bertz CT molecular complexity index is 781. The van der Waals surface area contributed by atoms with Gasteiger partial charge in [-0.2, -0.15) is 0 Å². The molecule has 0 aliphatic heterocycles. The molecule has 5 nitrogen and oxygen atoms in total. The molecule has 128 valence electrons. The Morgan fingerprint density at radius 1 is 1.21 bits per heavy atom. The zero-order valence-electron chi connectivity index (χ0n) is 14.3. The van der Waals surface area contributed by atoms with Gasteiger partial charge in [-0.1, -0.05) is 28.1 Å². The molecule has 1 heterocycles. The third-order valence-electron chi connectivity index (χ3n) is 3.99. The maximum atomic E-state index is 12.7. The molecular weight excluding hydrogens is 370 g/mol. The Kier molecular flexibility index (Phi) is 5.49. The minimum Gasteiger partial charge on any atom is -0.368 e. The number of carbonyl (C=O) groups is 2. The molecule has 24 heavy (non-hydrogen) atoms. The number of hydrogen-bond donors (Lipinski definition) is 2. The fraction of sp³-hybridized carbons (Fsp3) is 0.333. The fourth-order valence-corrected chi connectivity index (χ4v) is 3.43. The van der Waals surface area contributed by atoms with Crippen molar-refractivity contribution in [1.82, 2.24) is 9.88 Å². The molecule has 0 saturated carbocycles. The van der Waals surface area contributed by atoms with Crippen LogP contribution in [0.5, 0.6) is 0 Å². The zero-order chi connectivity index (χ0) is 18.0. The van der Waals surface area contributed by atoms with Gasteiger partial charge >= 0.3 is 0 Å². The first-order chi connectivity index (χ1) is 11.2. The van der Waals surface area contributed by atoms with Crippen molar-refractivity contribution in [1.29, 1.82) is 0 Å². The topological polar surface area (TPSA) is 77.1 Å². The first-order valence-electron chi connectivity index (χ1n) is 7.76. The van der Waals surface area contributed by atoms with Gasteiger partial charge in [0.25, 0.3) is 5.91 Å². The lowest BCUT2D eigenvalue weighted by atomic mass is 10.1. The summed E-state index contributed by atoms with van der Waals surface area (Å²) in [6, 6.07) is 8.39. The van der Waals surface area contributed by atoms with Crippen LogP contribution in [0.15, 0.2) is 34.8 Å². The maximum absolute atomic E-state index is 12.7. The van der Waals surface area contributed by atoms with Crippen LogP contribution in [0, 0.1) is 13.8 Å². The number of nitrogens with two attached hydrogens (primary N) is 1. The predicted octanol–water partition coefficient (Wildman–Crippen LogP) is 3.40. The Morgan fingerprint density at radius 2 is 1.88 bits per heavy atom. The van der Waals surface area contributed by atoms with Gasteiger partial charge in [-0.15, -0.1) is 0 Å². The van der Waals surface area contributed by atoms with E-state index in [1.54, 1.807) is 18.2 Å². The third-order valence-corrected chi connectivity index (χ3v) is 4.48. The average Bonchev–Trinajstić information content (AvgIpc) is 2.79. The van der Waals surface area contributed by atoms with Gasteiger partial charge in [0.2, 0.25) is 5.91 Å². The molecule has 2 amide bonds. The molecule has 0 aliphatic carbocycles. The molecule has 0 saturated heterocycles. The number of halogens is 1. The third kappa shape index (κ3) is 3.70. The van der Waals surface area contributed by atoms with Crippen LogP contribution in [-0.4, -0.2) is 16.4 Å². The fourth-order valence-electron chi connectivity index (χ4n) is 3.02. The molecule has 3 N–H and O–H groups in total. The summed E-state index contributed by atoms with van der Waals surface area (Å²) < 4.78 is 2.91. The van der Waals surface area contributed by atoms with Gasteiger partial charge in [0.1, 0.15) is 6.04 Å². The summed E-state index contributed by atoms with van der Waals surface area (Å²) in [6.07, 6.45) is 0. The second-order valence-corrected chi connectivity index (χ2v) is 7.03. The summed E-state index contributed by atoms with van der Waals surface area (Å²) in [7, 11) is 0. The normalized spacial score (nSPS) is 12.2. The lowest BCUT2D eigenvalue weighted by molar-refractivity contribution is -0.120. The minimum atomic E-state index is -0.878. The molecule has 0 radical (unpaired) electrons. The van der Waals surface area contributed by atoms with Crippen LogP contribution in [-0.2, 0) is 4.79 Å². The van der Waals surface area contributed by atoms with E-state index in [0.29, 0.717) is 11.1 Å². The lowest BCUT2D eigenvalue weighted by Crippen LogP contribution is -2.37. The number of aryl methyl sites for hydroxylation is 1. The van der Waals surface area contributed by atoms with E-state index in [1.165, 1.54) is 0 Å². The van der Waals surface area contributed by atoms with Crippen LogP contribution in [0.4, 0.5) is 0 Å². The van der Waals surface area contributed by atoms with Crippen molar-refractivity contribution in [2.24, 2.45) is 5.73 Å². The van der Waals surface area contributed by atoms with E-state index < -0.39 is 11.9 Å². The lowest BCUT2D eigenvalue weighted by Gasteiger charge is -2.17. The van der Waals surface area contributed by atoms with Crippen molar-refractivity contribution in [3.05, 3.63) is 57.3 Å². The molecule has 1 aromatic heterocycles. The first-order valence-corrected chi connectivity index (χ1v) is 8.55. The van der Waals surface area contributed by atoms with Gasteiger partial charge in [-0.25, -0.2) is 0 Å². The molecule has 6 heteroatoms. The summed E-state index contributed by atoms with van der Waals surface area (Å²) in [5.41, 5.74) is 8.57. The second kappa shape index (κ2) is 7.21. The maximum Gasteiger partial charge on any atom is 0.254 e. The predicted molar refractivity (Wildman–Crippen MR) is 97.8 cm³/mol. The van der Waals surface area contributed by atoms with E-state index in [4.69, 9.17) is 5.73 Å². The Balaban J connectivity index is 2.33. The number of primary amides is 1. The van der Waals surface area contributed by atoms with E-state index in [9.17, 15) is 9.59 Å². The zero-order valence-corrected chi connectivity index (χ0v) is 15.8. The van der Waals surface area contributed by atoms with E-state index in [-0.39, 0.29) is 11.9 Å². The number of rotatable bonds is 5. The Morgan fingerprint density at radius 3 is 2.38 bits per heavy atom. The van der Waals surface area contributed by atoms with Gasteiger partial charge in [-0.05, 0) is 51.5 Å². The van der Waals surface area contributed by atoms with Crippen molar-refractivity contribution in [2.75, 3.05) is 0 Å². The molecule has 2 rings (SSSR count). The number of amides is 2.